The Morgan fingerprint density at radius 2 is 1.62 bits per heavy atom. The molecule has 0 aliphatic heterocycles. The van der Waals surface area contributed by atoms with Crippen molar-refractivity contribution in [2.24, 2.45) is 5.92 Å². The first-order valence-electron chi connectivity index (χ1n) is 5.82. The summed E-state index contributed by atoms with van der Waals surface area (Å²) in [6.07, 6.45) is 5.64. The third kappa shape index (κ3) is 8.51. The zero-order chi connectivity index (χ0) is 10.1. The van der Waals surface area contributed by atoms with E-state index in [0.717, 1.165) is 5.92 Å². The summed E-state index contributed by atoms with van der Waals surface area (Å²) in [6, 6.07) is 1.34. The molecule has 0 heterocycles. The zero-order valence-corrected chi connectivity index (χ0v) is 11.2. The van der Waals surface area contributed by atoms with Gasteiger partial charge >= 0.3 is 0 Å². The van der Waals surface area contributed by atoms with Gasteiger partial charge in [0.15, 0.2) is 9.76 Å². The van der Waals surface area contributed by atoms with Gasteiger partial charge in [0.25, 0.3) is 0 Å². The highest BCUT2D eigenvalue weighted by Crippen LogP contribution is 2.10. The van der Waals surface area contributed by atoms with Crippen molar-refractivity contribution < 1.29 is 4.43 Å². The Labute approximate surface area is 86.2 Å². The maximum Gasteiger partial charge on any atom is 0.162 e. The second-order valence-corrected chi connectivity index (χ2v) is 5.57. The first kappa shape index (κ1) is 13.2. The van der Waals surface area contributed by atoms with Crippen molar-refractivity contribution >= 4 is 9.76 Å². The Morgan fingerprint density at radius 3 is 2.00 bits per heavy atom. The number of hydrogen-bond acceptors (Lipinski definition) is 1. The molecule has 0 fully saturated rings. The molecule has 0 N–H and O–H groups in total. The predicted octanol–water partition coefficient (Wildman–Crippen LogP) is 3.13. The summed E-state index contributed by atoms with van der Waals surface area (Å²) in [5, 5.41) is 0. The SMILES string of the molecule is CCCC(CCC)O[SiH2]CC(C)C. The van der Waals surface area contributed by atoms with Crippen LogP contribution in [0, 0.1) is 5.92 Å². The van der Waals surface area contributed by atoms with Crippen molar-refractivity contribution in [2.75, 3.05) is 0 Å². The Bertz CT molecular complexity index is 98.3. The lowest BCUT2D eigenvalue weighted by atomic mass is 10.1. The van der Waals surface area contributed by atoms with E-state index in [0.29, 0.717) is 6.10 Å². The van der Waals surface area contributed by atoms with Gasteiger partial charge in [0, 0.05) is 6.10 Å². The van der Waals surface area contributed by atoms with E-state index in [4.69, 9.17) is 4.43 Å². The summed E-state index contributed by atoms with van der Waals surface area (Å²) in [7, 11) is -0.224. The van der Waals surface area contributed by atoms with E-state index in [9.17, 15) is 0 Å². The second kappa shape index (κ2) is 8.76. The van der Waals surface area contributed by atoms with Crippen molar-refractivity contribution in [3.05, 3.63) is 0 Å². The summed E-state index contributed by atoms with van der Waals surface area (Å²) in [5.41, 5.74) is 0. The Kier molecular flexibility index (Phi) is 8.88. The summed E-state index contributed by atoms with van der Waals surface area (Å²) in [6.45, 7) is 9.06. The molecule has 0 radical (unpaired) electrons. The van der Waals surface area contributed by atoms with Crippen LogP contribution in [0.2, 0.25) is 6.04 Å². The molecule has 0 aliphatic carbocycles. The molecule has 0 aliphatic rings. The molecule has 0 amide bonds. The lowest BCUT2D eigenvalue weighted by molar-refractivity contribution is 0.186. The molecule has 0 saturated carbocycles. The molecule has 0 aromatic rings. The fourth-order valence-electron chi connectivity index (χ4n) is 1.43. The topological polar surface area (TPSA) is 9.23 Å². The Hall–Kier alpha value is 0.177. The average molecular weight is 202 g/mol. The third-order valence-electron chi connectivity index (χ3n) is 2.27. The molecule has 0 spiro atoms. The van der Waals surface area contributed by atoms with Gasteiger partial charge in [0.2, 0.25) is 0 Å². The van der Waals surface area contributed by atoms with Crippen LogP contribution in [0.4, 0.5) is 0 Å². The predicted molar refractivity (Wildman–Crippen MR) is 62.9 cm³/mol. The normalized spacial score (nSPS) is 12.5. The van der Waals surface area contributed by atoms with Crippen molar-refractivity contribution in [2.45, 2.75) is 65.5 Å². The van der Waals surface area contributed by atoms with E-state index in [1.54, 1.807) is 0 Å². The van der Waals surface area contributed by atoms with Crippen LogP contribution < -0.4 is 0 Å². The summed E-state index contributed by atoms with van der Waals surface area (Å²) in [4.78, 5) is 0. The van der Waals surface area contributed by atoms with E-state index in [1.807, 2.05) is 0 Å². The molecule has 80 valence electrons. The van der Waals surface area contributed by atoms with Gasteiger partial charge in [-0.2, -0.15) is 0 Å². The first-order valence-corrected chi connectivity index (χ1v) is 7.40. The highest BCUT2D eigenvalue weighted by Gasteiger charge is 2.06. The Morgan fingerprint density at radius 1 is 1.08 bits per heavy atom. The molecule has 0 rings (SSSR count). The molecule has 0 aromatic carbocycles. The second-order valence-electron chi connectivity index (χ2n) is 4.25. The fraction of sp³-hybridized carbons (Fsp3) is 1.00. The van der Waals surface area contributed by atoms with Crippen LogP contribution in [0.1, 0.15) is 53.4 Å². The minimum atomic E-state index is -0.224. The van der Waals surface area contributed by atoms with E-state index in [2.05, 4.69) is 27.7 Å². The average Bonchev–Trinajstić information content (AvgIpc) is 2.04. The van der Waals surface area contributed by atoms with Crippen molar-refractivity contribution in [1.82, 2.24) is 0 Å². The molecule has 13 heavy (non-hydrogen) atoms. The quantitative estimate of drug-likeness (QED) is 0.550. The maximum absolute atomic E-state index is 5.97. The molecule has 0 aromatic heterocycles. The third-order valence-corrected chi connectivity index (χ3v) is 4.37. The summed E-state index contributed by atoms with van der Waals surface area (Å²) < 4.78 is 5.97. The van der Waals surface area contributed by atoms with Gasteiger partial charge in [-0.3, -0.25) is 0 Å². The minimum Gasteiger partial charge on any atom is -0.421 e. The number of rotatable bonds is 8. The molecule has 0 bridgehead atoms. The van der Waals surface area contributed by atoms with Gasteiger partial charge in [-0.25, -0.2) is 0 Å². The standard InChI is InChI=1S/C11H26OSi/c1-5-7-11(8-6-2)12-13-9-10(3)4/h10-11H,5-9,13H2,1-4H3. The van der Waals surface area contributed by atoms with E-state index < -0.39 is 0 Å². The van der Waals surface area contributed by atoms with Crippen molar-refractivity contribution in [1.29, 1.82) is 0 Å². The smallest absolute Gasteiger partial charge is 0.162 e. The van der Waals surface area contributed by atoms with Crippen LogP contribution >= 0.6 is 0 Å². The van der Waals surface area contributed by atoms with Gasteiger partial charge in [-0.1, -0.05) is 40.5 Å². The van der Waals surface area contributed by atoms with Crippen LogP contribution in [-0.2, 0) is 4.43 Å². The first-order chi connectivity index (χ1) is 6.20. The largest absolute Gasteiger partial charge is 0.421 e. The van der Waals surface area contributed by atoms with Crippen molar-refractivity contribution in [3.63, 3.8) is 0 Å². The monoisotopic (exact) mass is 202 g/mol. The molecule has 0 atom stereocenters. The fourth-order valence-corrected chi connectivity index (χ4v) is 2.70. The van der Waals surface area contributed by atoms with Gasteiger partial charge in [-0.05, 0) is 24.8 Å². The zero-order valence-electron chi connectivity index (χ0n) is 9.81. The minimum absolute atomic E-state index is 0.224. The van der Waals surface area contributed by atoms with Crippen LogP contribution in [0.25, 0.3) is 0 Å². The van der Waals surface area contributed by atoms with Crippen LogP contribution in [-0.4, -0.2) is 15.9 Å². The van der Waals surface area contributed by atoms with E-state index >= 15 is 0 Å². The molecule has 1 nitrogen and oxygen atoms in total. The Balaban J connectivity index is 3.44. The van der Waals surface area contributed by atoms with Gasteiger partial charge < -0.3 is 4.43 Å². The highest BCUT2D eigenvalue weighted by molar-refractivity contribution is 6.27. The van der Waals surface area contributed by atoms with E-state index in [1.165, 1.54) is 31.7 Å². The number of hydrogen-bond donors (Lipinski definition) is 0. The molecular formula is C11H26OSi. The van der Waals surface area contributed by atoms with Crippen LogP contribution in [0.3, 0.4) is 0 Å². The van der Waals surface area contributed by atoms with Gasteiger partial charge in [0.05, 0.1) is 0 Å². The molecular weight excluding hydrogens is 176 g/mol. The molecule has 0 unspecified atom stereocenters. The lowest BCUT2D eigenvalue weighted by Crippen LogP contribution is -2.16. The summed E-state index contributed by atoms with van der Waals surface area (Å²) in [5.74, 6) is 0.829. The van der Waals surface area contributed by atoms with E-state index in [-0.39, 0.29) is 9.76 Å². The van der Waals surface area contributed by atoms with Crippen LogP contribution in [0.5, 0.6) is 0 Å². The summed E-state index contributed by atoms with van der Waals surface area (Å²) >= 11 is 0. The highest BCUT2D eigenvalue weighted by atomic mass is 28.2. The molecule has 2 heteroatoms. The maximum atomic E-state index is 5.97. The van der Waals surface area contributed by atoms with Gasteiger partial charge in [-0.15, -0.1) is 0 Å². The van der Waals surface area contributed by atoms with Gasteiger partial charge in [0.1, 0.15) is 0 Å². The van der Waals surface area contributed by atoms with Crippen molar-refractivity contribution in [3.8, 4) is 0 Å². The molecule has 0 saturated heterocycles. The lowest BCUT2D eigenvalue weighted by Gasteiger charge is -2.17. The van der Waals surface area contributed by atoms with Crippen LogP contribution in [0.15, 0.2) is 0 Å².